The van der Waals surface area contributed by atoms with Crippen LogP contribution in [0.25, 0.3) is 0 Å². The summed E-state index contributed by atoms with van der Waals surface area (Å²) in [4.78, 5) is 0. The zero-order valence-electron chi connectivity index (χ0n) is 14.4. The minimum Gasteiger partial charge on any atom is -0.412 e. The van der Waals surface area contributed by atoms with Crippen LogP contribution in [0.15, 0.2) is 42.5 Å². The van der Waals surface area contributed by atoms with Crippen molar-refractivity contribution in [1.29, 1.82) is 0 Å². The van der Waals surface area contributed by atoms with Crippen LogP contribution in [-0.4, -0.2) is 24.2 Å². The Bertz CT molecular complexity index is 652. The molecule has 0 aliphatic heterocycles. The Balaban J connectivity index is 0.00000108. The lowest BCUT2D eigenvalue weighted by molar-refractivity contribution is 0.318. The predicted octanol–water partition coefficient (Wildman–Crippen LogP) is 4.78. The fourth-order valence-electron chi connectivity index (χ4n) is 3.17. The number of fused-ring (bicyclic) bond motifs is 1. The average Bonchev–Trinajstić information content (AvgIpc) is 2.57. The lowest BCUT2D eigenvalue weighted by Gasteiger charge is -2.32. The fourth-order valence-corrected chi connectivity index (χ4v) is 3.47. The van der Waals surface area contributed by atoms with E-state index >= 15 is 0 Å². The number of hydrogen-bond acceptors (Lipinski definition) is 2. The van der Waals surface area contributed by atoms with Gasteiger partial charge in [0.2, 0.25) is 0 Å². The molecular formula is C19H26Cl3NO2. The third kappa shape index (κ3) is 5.85. The summed E-state index contributed by atoms with van der Waals surface area (Å²) in [6.07, 6.45) is 2.26. The fraction of sp³-hybridized carbons (Fsp3) is 0.368. The molecule has 0 saturated carbocycles. The van der Waals surface area contributed by atoms with Crippen molar-refractivity contribution in [3.63, 3.8) is 0 Å². The first-order valence-electron chi connectivity index (χ1n) is 7.94. The van der Waals surface area contributed by atoms with E-state index in [2.05, 4.69) is 35.6 Å². The zero-order valence-corrected chi connectivity index (χ0v) is 16.8. The summed E-state index contributed by atoms with van der Waals surface area (Å²) < 4.78 is 0. The van der Waals surface area contributed by atoms with Crippen LogP contribution in [0, 0.1) is 0 Å². The Morgan fingerprint density at radius 2 is 1.64 bits per heavy atom. The Morgan fingerprint density at radius 1 is 1.04 bits per heavy atom. The highest BCUT2D eigenvalue weighted by molar-refractivity contribution is 6.42. The van der Waals surface area contributed by atoms with Gasteiger partial charge in [0.1, 0.15) is 0 Å². The summed E-state index contributed by atoms with van der Waals surface area (Å²) in [6.45, 7) is 1.93. The quantitative estimate of drug-likeness (QED) is 0.754. The number of nitrogens with one attached hydrogen (secondary N) is 1. The van der Waals surface area contributed by atoms with E-state index in [1.807, 2.05) is 19.2 Å². The molecule has 0 amide bonds. The van der Waals surface area contributed by atoms with E-state index in [-0.39, 0.29) is 24.5 Å². The van der Waals surface area contributed by atoms with Gasteiger partial charge in [0, 0.05) is 18.6 Å². The standard InChI is InChI=1S/C17H17Cl2N.C2H6O.ClH.H2O/c1-20-17-9-7-12(13-4-2-3-5-14(13)17)11-6-8-15(18)16(19)10-11;1-2-3;;/h2-6,8,10,12,17,20H,7,9H2,1H3;3H,2H2,1H3;1H;1H2/t12-,17-;;;/m0.../s1. The van der Waals surface area contributed by atoms with E-state index in [4.69, 9.17) is 28.3 Å². The molecule has 1 aliphatic carbocycles. The van der Waals surface area contributed by atoms with Gasteiger partial charge in [-0.2, -0.15) is 0 Å². The summed E-state index contributed by atoms with van der Waals surface area (Å²) >= 11 is 12.2. The van der Waals surface area contributed by atoms with Gasteiger partial charge in [0.15, 0.2) is 0 Å². The molecule has 0 radical (unpaired) electrons. The minimum absolute atomic E-state index is 0. The first-order chi connectivity index (χ1) is 11.1. The van der Waals surface area contributed by atoms with Gasteiger partial charge in [0.05, 0.1) is 10.0 Å². The van der Waals surface area contributed by atoms with Crippen LogP contribution in [0.2, 0.25) is 10.0 Å². The second kappa shape index (κ2) is 11.7. The molecule has 3 nitrogen and oxygen atoms in total. The minimum atomic E-state index is 0. The van der Waals surface area contributed by atoms with Crippen LogP contribution in [0.3, 0.4) is 0 Å². The van der Waals surface area contributed by atoms with Crippen LogP contribution in [0.5, 0.6) is 0 Å². The van der Waals surface area contributed by atoms with Crippen molar-refractivity contribution >= 4 is 35.6 Å². The first kappa shape index (κ1) is 24.2. The summed E-state index contributed by atoms with van der Waals surface area (Å²) in [5, 5.41) is 12.2. The highest BCUT2D eigenvalue weighted by atomic mass is 35.5. The molecule has 2 atom stereocenters. The molecule has 6 heteroatoms. The molecule has 0 spiro atoms. The van der Waals surface area contributed by atoms with Gasteiger partial charge in [-0.25, -0.2) is 0 Å². The van der Waals surface area contributed by atoms with Gasteiger partial charge >= 0.3 is 0 Å². The largest absolute Gasteiger partial charge is 0.412 e. The van der Waals surface area contributed by atoms with Gasteiger partial charge in [-0.3, -0.25) is 0 Å². The van der Waals surface area contributed by atoms with Gasteiger partial charge in [-0.05, 0) is 55.6 Å². The van der Waals surface area contributed by atoms with Crippen LogP contribution in [-0.2, 0) is 0 Å². The topological polar surface area (TPSA) is 63.8 Å². The van der Waals surface area contributed by atoms with E-state index in [0.29, 0.717) is 22.0 Å². The van der Waals surface area contributed by atoms with Gasteiger partial charge in [-0.1, -0.05) is 53.5 Å². The highest BCUT2D eigenvalue weighted by Crippen LogP contribution is 2.42. The molecule has 1 aliphatic rings. The Kier molecular flexibility index (Phi) is 11.4. The molecule has 3 rings (SSSR count). The number of rotatable bonds is 2. The van der Waals surface area contributed by atoms with Gasteiger partial charge in [-0.15, -0.1) is 12.4 Å². The van der Waals surface area contributed by atoms with Crippen LogP contribution in [0.1, 0.15) is 48.4 Å². The highest BCUT2D eigenvalue weighted by Gasteiger charge is 2.27. The molecule has 140 valence electrons. The summed E-state index contributed by atoms with van der Waals surface area (Å²) in [5.74, 6) is 0.408. The van der Waals surface area contributed by atoms with E-state index in [9.17, 15) is 0 Å². The SMILES string of the molecule is CCO.CN[C@H]1CC[C@@H](c2ccc(Cl)c(Cl)c2)c2ccccc21.Cl.O. The Labute approximate surface area is 166 Å². The molecule has 2 aromatic rings. The number of benzene rings is 2. The molecule has 2 aromatic carbocycles. The van der Waals surface area contributed by atoms with Crippen molar-refractivity contribution in [3.05, 3.63) is 69.2 Å². The van der Waals surface area contributed by atoms with Crippen molar-refractivity contribution in [2.45, 2.75) is 31.7 Å². The molecule has 0 unspecified atom stereocenters. The predicted molar refractivity (Wildman–Crippen MR) is 109 cm³/mol. The zero-order chi connectivity index (χ0) is 16.8. The molecule has 0 saturated heterocycles. The number of hydrogen-bond donors (Lipinski definition) is 2. The molecule has 0 fully saturated rings. The van der Waals surface area contributed by atoms with E-state index in [1.54, 1.807) is 6.92 Å². The van der Waals surface area contributed by atoms with Crippen molar-refractivity contribution in [1.82, 2.24) is 5.32 Å². The summed E-state index contributed by atoms with van der Waals surface area (Å²) in [6, 6.07) is 15.1. The monoisotopic (exact) mass is 405 g/mol. The smallest absolute Gasteiger partial charge is 0.0595 e. The summed E-state index contributed by atoms with van der Waals surface area (Å²) in [7, 11) is 2.03. The molecule has 0 heterocycles. The lowest BCUT2D eigenvalue weighted by Crippen LogP contribution is -2.24. The Morgan fingerprint density at radius 3 is 2.20 bits per heavy atom. The molecule has 0 bridgehead atoms. The second-order valence-corrected chi connectivity index (χ2v) is 6.40. The third-order valence-electron chi connectivity index (χ3n) is 4.19. The van der Waals surface area contributed by atoms with Crippen molar-refractivity contribution in [2.24, 2.45) is 0 Å². The van der Waals surface area contributed by atoms with Crippen LogP contribution < -0.4 is 5.32 Å². The van der Waals surface area contributed by atoms with Crippen molar-refractivity contribution < 1.29 is 10.6 Å². The van der Waals surface area contributed by atoms with Crippen LogP contribution >= 0.6 is 35.6 Å². The third-order valence-corrected chi connectivity index (χ3v) is 4.92. The molecular weight excluding hydrogens is 381 g/mol. The van der Waals surface area contributed by atoms with Gasteiger partial charge < -0.3 is 15.9 Å². The number of aliphatic hydroxyl groups excluding tert-OH is 1. The average molecular weight is 407 g/mol. The van der Waals surface area contributed by atoms with Crippen molar-refractivity contribution in [3.8, 4) is 0 Å². The summed E-state index contributed by atoms with van der Waals surface area (Å²) in [5.41, 5.74) is 4.05. The molecule has 4 N–H and O–H groups in total. The maximum Gasteiger partial charge on any atom is 0.0595 e. The van der Waals surface area contributed by atoms with Gasteiger partial charge in [0.25, 0.3) is 0 Å². The van der Waals surface area contributed by atoms with E-state index in [0.717, 1.165) is 12.8 Å². The first-order valence-corrected chi connectivity index (χ1v) is 8.69. The normalized spacial score (nSPS) is 18.0. The number of halogens is 3. The lowest BCUT2D eigenvalue weighted by atomic mass is 9.77. The van der Waals surface area contributed by atoms with E-state index in [1.165, 1.54) is 16.7 Å². The Hall–Kier alpha value is -0.810. The van der Waals surface area contributed by atoms with E-state index < -0.39 is 0 Å². The maximum atomic E-state index is 7.57. The molecule has 0 aromatic heterocycles. The number of aliphatic hydroxyl groups is 1. The maximum absolute atomic E-state index is 7.57. The van der Waals surface area contributed by atoms with Crippen molar-refractivity contribution in [2.75, 3.05) is 13.7 Å². The molecule has 25 heavy (non-hydrogen) atoms. The van der Waals surface area contributed by atoms with Crippen LogP contribution in [0.4, 0.5) is 0 Å². The second-order valence-electron chi connectivity index (χ2n) is 5.59.